The van der Waals surface area contributed by atoms with Crippen LogP contribution in [0.15, 0.2) is 64.6 Å². The van der Waals surface area contributed by atoms with E-state index < -0.39 is 10.0 Å². The van der Waals surface area contributed by atoms with Gasteiger partial charge in [-0.25, -0.2) is 8.42 Å². The Morgan fingerprint density at radius 2 is 2.09 bits per heavy atom. The molecule has 3 aromatic heterocycles. The zero-order chi connectivity index (χ0) is 16.3. The molecule has 0 N–H and O–H groups in total. The SMILES string of the molecule is Cn1cc(S(=O)(=O)N(Cc2cccnc2)Cc2ccco2)cn1. The molecule has 0 aliphatic carbocycles. The van der Waals surface area contributed by atoms with Crippen LogP contribution < -0.4 is 0 Å². The smallest absolute Gasteiger partial charge is 0.246 e. The minimum atomic E-state index is -3.69. The first-order chi connectivity index (χ1) is 11.1. The molecule has 0 aromatic carbocycles. The van der Waals surface area contributed by atoms with Crippen LogP contribution >= 0.6 is 0 Å². The Balaban J connectivity index is 1.93. The molecule has 0 fully saturated rings. The average Bonchev–Trinajstić information content (AvgIpc) is 3.19. The minimum Gasteiger partial charge on any atom is -0.468 e. The molecular formula is C15H16N4O3S. The average molecular weight is 332 g/mol. The normalized spacial score (nSPS) is 11.9. The molecule has 3 heterocycles. The van der Waals surface area contributed by atoms with Crippen LogP contribution in [0.3, 0.4) is 0 Å². The van der Waals surface area contributed by atoms with Crippen molar-refractivity contribution in [1.82, 2.24) is 19.1 Å². The summed E-state index contributed by atoms with van der Waals surface area (Å²) in [4.78, 5) is 4.18. The van der Waals surface area contributed by atoms with Gasteiger partial charge in [-0.1, -0.05) is 6.07 Å². The summed E-state index contributed by atoms with van der Waals surface area (Å²) < 4.78 is 33.9. The lowest BCUT2D eigenvalue weighted by molar-refractivity contribution is 0.358. The van der Waals surface area contributed by atoms with E-state index in [1.54, 1.807) is 37.6 Å². The van der Waals surface area contributed by atoms with Crippen molar-refractivity contribution in [3.05, 3.63) is 66.6 Å². The van der Waals surface area contributed by atoms with Gasteiger partial charge in [-0.3, -0.25) is 9.67 Å². The summed E-state index contributed by atoms with van der Waals surface area (Å²) in [5.41, 5.74) is 0.798. The Morgan fingerprint density at radius 3 is 2.70 bits per heavy atom. The van der Waals surface area contributed by atoms with Crippen molar-refractivity contribution < 1.29 is 12.8 Å². The molecule has 120 valence electrons. The van der Waals surface area contributed by atoms with Gasteiger partial charge < -0.3 is 4.42 Å². The first-order valence-corrected chi connectivity index (χ1v) is 8.40. The Bertz CT molecular complexity index is 857. The third-order valence-corrected chi connectivity index (χ3v) is 5.06. The maximum atomic E-state index is 12.9. The Hall–Kier alpha value is -2.45. The first kappa shape index (κ1) is 15.4. The Labute approximate surface area is 134 Å². The predicted octanol–water partition coefficient (Wildman–Crippen LogP) is 1.80. The van der Waals surface area contributed by atoms with Gasteiger partial charge in [-0.15, -0.1) is 0 Å². The van der Waals surface area contributed by atoms with E-state index in [0.717, 1.165) is 5.56 Å². The molecule has 23 heavy (non-hydrogen) atoms. The second kappa shape index (κ2) is 6.35. The third-order valence-electron chi connectivity index (χ3n) is 3.31. The summed E-state index contributed by atoms with van der Waals surface area (Å²) in [5.74, 6) is 0.571. The van der Waals surface area contributed by atoms with E-state index in [-0.39, 0.29) is 18.0 Å². The van der Waals surface area contributed by atoms with Crippen LogP contribution in [0.5, 0.6) is 0 Å². The number of rotatable bonds is 6. The van der Waals surface area contributed by atoms with Crippen molar-refractivity contribution in [2.24, 2.45) is 7.05 Å². The van der Waals surface area contributed by atoms with Gasteiger partial charge in [0.1, 0.15) is 10.7 Å². The summed E-state index contributed by atoms with van der Waals surface area (Å²) in [5, 5.41) is 3.94. The van der Waals surface area contributed by atoms with Crippen LogP contribution in [0.2, 0.25) is 0 Å². The monoisotopic (exact) mass is 332 g/mol. The number of furan rings is 1. The van der Waals surface area contributed by atoms with Gasteiger partial charge in [0.25, 0.3) is 0 Å². The maximum absolute atomic E-state index is 12.9. The third kappa shape index (κ3) is 3.49. The van der Waals surface area contributed by atoms with E-state index in [1.807, 2.05) is 6.07 Å². The number of hydrogen-bond donors (Lipinski definition) is 0. The van der Waals surface area contributed by atoms with Crippen molar-refractivity contribution >= 4 is 10.0 Å². The van der Waals surface area contributed by atoms with Crippen LogP contribution in [-0.4, -0.2) is 27.5 Å². The van der Waals surface area contributed by atoms with E-state index in [2.05, 4.69) is 10.1 Å². The second-order valence-electron chi connectivity index (χ2n) is 5.06. The van der Waals surface area contributed by atoms with Gasteiger partial charge in [0.05, 0.1) is 19.0 Å². The largest absolute Gasteiger partial charge is 0.468 e. The summed E-state index contributed by atoms with van der Waals surface area (Å²) >= 11 is 0. The van der Waals surface area contributed by atoms with Gasteiger partial charge in [0, 0.05) is 32.2 Å². The van der Waals surface area contributed by atoms with Crippen LogP contribution in [-0.2, 0) is 30.2 Å². The Kier molecular flexibility index (Phi) is 4.26. The zero-order valence-electron chi connectivity index (χ0n) is 12.5. The van der Waals surface area contributed by atoms with Crippen LogP contribution in [0.1, 0.15) is 11.3 Å². The van der Waals surface area contributed by atoms with Crippen LogP contribution in [0.4, 0.5) is 0 Å². The quantitative estimate of drug-likeness (QED) is 0.687. The predicted molar refractivity (Wildman–Crippen MR) is 82.6 cm³/mol. The van der Waals surface area contributed by atoms with E-state index in [4.69, 9.17) is 4.42 Å². The molecule has 0 aliphatic rings. The lowest BCUT2D eigenvalue weighted by atomic mass is 10.3. The molecule has 3 rings (SSSR count). The Morgan fingerprint density at radius 1 is 1.22 bits per heavy atom. The van der Waals surface area contributed by atoms with Gasteiger partial charge in [-0.05, 0) is 23.8 Å². The van der Waals surface area contributed by atoms with E-state index in [9.17, 15) is 8.42 Å². The molecular weight excluding hydrogens is 316 g/mol. The van der Waals surface area contributed by atoms with E-state index >= 15 is 0 Å². The molecule has 0 unspecified atom stereocenters. The van der Waals surface area contributed by atoms with Crippen molar-refractivity contribution in [2.45, 2.75) is 18.0 Å². The number of hydrogen-bond acceptors (Lipinski definition) is 5. The van der Waals surface area contributed by atoms with Crippen molar-refractivity contribution in [3.63, 3.8) is 0 Å². The summed E-state index contributed by atoms with van der Waals surface area (Å²) in [6.07, 6.45) is 7.64. The molecule has 0 aliphatic heterocycles. The highest BCUT2D eigenvalue weighted by atomic mass is 32.2. The summed E-state index contributed by atoms with van der Waals surface area (Å²) in [7, 11) is -2.01. The number of nitrogens with zero attached hydrogens (tertiary/aromatic N) is 4. The molecule has 3 aromatic rings. The van der Waals surface area contributed by atoms with Crippen molar-refractivity contribution in [1.29, 1.82) is 0 Å². The van der Waals surface area contributed by atoms with Gasteiger partial charge in [0.2, 0.25) is 10.0 Å². The highest BCUT2D eigenvalue weighted by Gasteiger charge is 2.27. The number of aromatic nitrogens is 3. The lowest BCUT2D eigenvalue weighted by Gasteiger charge is -2.20. The molecule has 0 spiro atoms. The molecule has 8 heteroatoms. The number of sulfonamides is 1. The van der Waals surface area contributed by atoms with Crippen molar-refractivity contribution in [3.8, 4) is 0 Å². The highest BCUT2D eigenvalue weighted by molar-refractivity contribution is 7.89. The molecule has 0 amide bonds. The van der Waals surface area contributed by atoms with Gasteiger partial charge >= 0.3 is 0 Å². The fourth-order valence-corrected chi connectivity index (χ4v) is 3.56. The van der Waals surface area contributed by atoms with Crippen LogP contribution in [0.25, 0.3) is 0 Å². The molecule has 0 radical (unpaired) electrons. The van der Waals surface area contributed by atoms with Gasteiger partial charge in [-0.2, -0.15) is 9.40 Å². The van der Waals surface area contributed by atoms with E-state index in [0.29, 0.717) is 5.76 Å². The lowest BCUT2D eigenvalue weighted by Crippen LogP contribution is -2.30. The fraction of sp³-hybridized carbons (Fsp3) is 0.200. The maximum Gasteiger partial charge on any atom is 0.246 e. The zero-order valence-corrected chi connectivity index (χ0v) is 13.3. The summed E-state index contributed by atoms with van der Waals surface area (Å²) in [6, 6.07) is 7.08. The van der Waals surface area contributed by atoms with Crippen LogP contribution in [0, 0.1) is 0 Å². The standard InChI is InChI=1S/C15H16N4O3S/c1-18-12-15(9-17-18)23(20,21)19(11-14-5-3-7-22-14)10-13-4-2-6-16-8-13/h2-9,12H,10-11H2,1H3. The molecule has 0 saturated carbocycles. The van der Waals surface area contributed by atoms with E-state index in [1.165, 1.54) is 27.6 Å². The topological polar surface area (TPSA) is 81.2 Å². The van der Waals surface area contributed by atoms with Crippen molar-refractivity contribution in [2.75, 3.05) is 0 Å². The molecule has 0 atom stereocenters. The second-order valence-corrected chi connectivity index (χ2v) is 7.00. The molecule has 7 nitrogen and oxygen atoms in total. The number of aryl methyl sites for hydroxylation is 1. The minimum absolute atomic E-state index is 0.138. The fourth-order valence-electron chi connectivity index (χ4n) is 2.18. The summed E-state index contributed by atoms with van der Waals surface area (Å²) in [6.45, 7) is 0.338. The first-order valence-electron chi connectivity index (χ1n) is 6.96. The molecule has 0 saturated heterocycles. The highest BCUT2D eigenvalue weighted by Crippen LogP contribution is 2.20. The molecule has 0 bridgehead atoms. The van der Waals surface area contributed by atoms with Gasteiger partial charge in [0.15, 0.2) is 0 Å². The number of pyridine rings is 1.